The lowest BCUT2D eigenvalue weighted by Gasteiger charge is -2.46. The highest BCUT2D eigenvalue weighted by Gasteiger charge is 2.51. The molecule has 2 atom stereocenters. The fourth-order valence-corrected chi connectivity index (χ4v) is 3.51. The van der Waals surface area contributed by atoms with E-state index in [1.165, 1.54) is 16.7 Å². The number of carbonyl (C=O) groups is 3. The minimum atomic E-state index is -0.777. The van der Waals surface area contributed by atoms with Gasteiger partial charge in [-0.05, 0) is 31.2 Å². The number of aliphatic hydroxyl groups excluding tert-OH is 1. The fraction of sp³-hybridized carbons (Fsp3) is 0.389. The van der Waals surface area contributed by atoms with E-state index in [0.717, 1.165) is 5.56 Å². The number of nitrogens with zero attached hydrogens (tertiary/aromatic N) is 1. The summed E-state index contributed by atoms with van der Waals surface area (Å²) in [6.45, 7) is 2.86. The van der Waals surface area contributed by atoms with E-state index in [1.54, 1.807) is 20.1 Å². The Morgan fingerprint density at radius 3 is 2.46 bits per heavy atom. The first-order valence-corrected chi connectivity index (χ1v) is 9.34. The zero-order valence-corrected chi connectivity index (χ0v) is 15.7. The number of likely N-dealkylation sites (tertiary alicyclic amines) is 1. The predicted octanol–water partition coefficient (Wildman–Crippen LogP) is 1.03. The number of allylic oxidation sites excluding steroid dienone is 1. The third kappa shape index (κ3) is 4.25. The summed E-state index contributed by atoms with van der Waals surface area (Å²) in [5.41, 5.74) is 1.67. The maximum absolute atomic E-state index is 12.6. The Kier molecular flexibility index (Phi) is 6.82. The van der Waals surface area contributed by atoms with Crippen LogP contribution in [0.5, 0.6) is 0 Å². The van der Waals surface area contributed by atoms with Gasteiger partial charge in [-0.2, -0.15) is 0 Å². The standard InChI is InChI=1S/C18H22N2O5S/c1-11(2)15(18(24)25-10-12-7-5-4-6-8-12)20-16(23)14(17(20)26-3)19-13(22)9-21/h4-8,14,17,21H,9-10H2,1-3H3,(H,19,22). The topological polar surface area (TPSA) is 95.9 Å². The summed E-state index contributed by atoms with van der Waals surface area (Å²) in [7, 11) is 0. The summed E-state index contributed by atoms with van der Waals surface area (Å²) < 4.78 is 5.36. The van der Waals surface area contributed by atoms with Crippen LogP contribution in [0.25, 0.3) is 0 Å². The quantitative estimate of drug-likeness (QED) is 0.418. The second-order valence-electron chi connectivity index (χ2n) is 5.95. The van der Waals surface area contributed by atoms with Gasteiger partial charge in [-0.25, -0.2) is 4.79 Å². The lowest BCUT2D eigenvalue weighted by atomic mass is 10.0. The van der Waals surface area contributed by atoms with E-state index < -0.39 is 35.8 Å². The molecule has 8 heteroatoms. The van der Waals surface area contributed by atoms with Crippen LogP contribution in [0.2, 0.25) is 0 Å². The van der Waals surface area contributed by atoms with E-state index in [0.29, 0.717) is 5.57 Å². The second-order valence-corrected chi connectivity index (χ2v) is 6.90. The van der Waals surface area contributed by atoms with E-state index >= 15 is 0 Å². The van der Waals surface area contributed by atoms with Crippen molar-refractivity contribution in [3.8, 4) is 0 Å². The van der Waals surface area contributed by atoms with Gasteiger partial charge in [-0.3, -0.25) is 14.5 Å². The van der Waals surface area contributed by atoms with Gasteiger partial charge in [0, 0.05) is 0 Å². The van der Waals surface area contributed by atoms with Crippen LogP contribution >= 0.6 is 11.8 Å². The van der Waals surface area contributed by atoms with Crippen LogP contribution in [0.15, 0.2) is 41.6 Å². The van der Waals surface area contributed by atoms with Gasteiger partial charge in [0.2, 0.25) is 5.91 Å². The smallest absolute Gasteiger partial charge is 0.355 e. The molecule has 0 radical (unpaired) electrons. The molecular formula is C18H22N2O5S. The number of esters is 1. The van der Waals surface area contributed by atoms with Crippen molar-refractivity contribution in [2.24, 2.45) is 0 Å². The number of hydrogen-bond acceptors (Lipinski definition) is 6. The molecule has 140 valence electrons. The highest BCUT2D eigenvalue weighted by atomic mass is 32.2. The normalized spacial score (nSPS) is 18.8. The molecule has 2 rings (SSSR count). The molecule has 0 aromatic heterocycles. The molecule has 2 amide bonds. The average Bonchev–Trinajstić information content (AvgIpc) is 2.64. The molecule has 7 nitrogen and oxygen atoms in total. The van der Waals surface area contributed by atoms with Crippen LogP contribution in [-0.2, 0) is 25.7 Å². The van der Waals surface area contributed by atoms with Gasteiger partial charge in [-0.1, -0.05) is 30.3 Å². The number of aliphatic hydroxyl groups is 1. The number of nitrogens with one attached hydrogen (secondary N) is 1. The van der Waals surface area contributed by atoms with Crippen molar-refractivity contribution in [1.29, 1.82) is 0 Å². The Morgan fingerprint density at radius 2 is 1.92 bits per heavy atom. The van der Waals surface area contributed by atoms with E-state index in [4.69, 9.17) is 9.84 Å². The third-order valence-corrected chi connectivity index (χ3v) is 4.83. The Balaban J connectivity index is 2.12. The number of hydrogen-bond donors (Lipinski definition) is 2. The van der Waals surface area contributed by atoms with Gasteiger partial charge in [0.1, 0.15) is 30.3 Å². The van der Waals surface area contributed by atoms with Crippen LogP contribution < -0.4 is 5.32 Å². The summed E-state index contributed by atoms with van der Waals surface area (Å²) in [4.78, 5) is 37.8. The molecule has 1 fully saturated rings. The van der Waals surface area contributed by atoms with Gasteiger partial charge in [-0.15, -0.1) is 11.8 Å². The monoisotopic (exact) mass is 378 g/mol. The lowest BCUT2D eigenvalue weighted by molar-refractivity contribution is -0.153. The van der Waals surface area contributed by atoms with Crippen LogP contribution in [0.4, 0.5) is 0 Å². The van der Waals surface area contributed by atoms with E-state index in [-0.39, 0.29) is 12.3 Å². The molecule has 2 unspecified atom stereocenters. The van der Waals surface area contributed by atoms with Crippen LogP contribution in [0.3, 0.4) is 0 Å². The number of rotatable bonds is 7. The first kappa shape index (κ1) is 20.0. The Morgan fingerprint density at radius 1 is 1.27 bits per heavy atom. The Hall–Kier alpha value is -2.32. The Bertz CT molecular complexity index is 716. The molecule has 2 N–H and O–H groups in total. The highest BCUT2D eigenvalue weighted by Crippen LogP contribution is 2.34. The summed E-state index contributed by atoms with van der Waals surface area (Å²) in [5, 5.41) is 10.9. The van der Waals surface area contributed by atoms with Gasteiger partial charge in [0.25, 0.3) is 5.91 Å². The molecule has 26 heavy (non-hydrogen) atoms. The van der Waals surface area contributed by atoms with Gasteiger partial charge in [0.15, 0.2) is 0 Å². The highest BCUT2D eigenvalue weighted by molar-refractivity contribution is 7.99. The SMILES string of the molecule is CSC1C(NC(=O)CO)C(=O)N1C(C(=O)OCc1ccccc1)=C(C)C. The van der Waals surface area contributed by atoms with Gasteiger partial charge in [0.05, 0.1) is 0 Å². The first-order chi connectivity index (χ1) is 12.4. The van der Waals surface area contributed by atoms with Crippen LogP contribution in [0, 0.1) is 0 Å². The van der Waals surface area contributed by atoms with Crippen molar-refractivity contribution in [3.63, 3.8) is 0 Å². The molecule has 0 aliphatic carbocycles. The molecule has 0 saturated carbocycles. The van der Waals surface area contributed by atoms with Crippen LogP contribution in [0.1, 0.15) is 19.4 Å². The first-order valence-electron chi connectivity index (χ1n) is 8.05. The second kappa shape index (κ2) is 8.86. The van der Waals surface area contributed by atoms with Crippen molar-refractivity contribution in [2.45, 2.75) is 31.9 Å². The maximum Gasteiger partial charge on any atom is 0.355 e. The van der Waals surface area contributed by atoms with Crippen molar-refractivity contribution < 1.29 is 24.2 Å². The van der Waals surface area contributed by atoms with Gasteiger partial charge >= 0.3 is 5.97 Å². The summed E-state index contributed by atoms with van der Waals surface area (Å²) in [5.74, 6) is -1.63. The molecule has 1 aliphatic rings. The summed E-state index contributed by atoms with van der Waals surface area (Å²) >= 11 is 1.33. The van der Waals surface area contributed by atoms with E-state index in [9.17, 15) is 14.4 Å². The largest absolute Gasteiger partial charge is 0.456 e. The maximum atomic E-state index is 12.6. The van der Waals surface area contributed by atoms with E-state index in [1.807, 2.05) is 30.3 Å². The van der Waals surface area contributed by atoms with Gasteiger partial charge < -0.3 is 15.2 Å². The molecule has 1 saturated heterocycles. The number of thioether (sulfide) groups is 1. The third-order valence-electron chi connectivity index (χ3n) is 3.87. The number of ether oxygens (including phenoxy) is 1. The molecule has 1 aromatic carbocycles. The number of benzene rings is 1. The van der Waals surface area contributed by atoms with Crippen molar-refractivity contribution in [3.05, 3.63) is 47.2 Å². The molecule has 1 aliphatic heterocycles. The number of carbonyl (C=O) groups excluding carboxylic acids is 3. The number of amides is 2. The minimum Gasteiger partial charge on any atom is -0.456 e. The van der Waals surface area contributed by atoms with Crippen molar-refractivity contribution >= 4 is 29.5 Å². The average molecular weight is 378 g/mol. The van der Waals surface area contributed by atoms with Crippen molar-refractivity contribution in [1.82, 2.24) is 10.2 Å². The molecule has 1 heterocycles. The molecule has 1 aromatic rings. The lowest BCUT2D eigenvalue weighted by Crippen LogP contribution is -2.69. The molecule has 0 spiro atoms. The summed E-state index contributed by atoms with van der Waals surface area (Å²) in [6, 6.07) is 8.48. The summed E-state index contributed by atoms with van der Waals surface area (Å²) in [6.07, 6.45) is 1.78. The van der Waals surface area contributed by atoms with Crippen LogP contribution in [-0.4, -0.2) is 52.1 Å². The van der Waals surface area contributed by atoms with E-state index in [2.05, 4.69) is 5.32 Å². The molecular weight excluding hydrogens is 356 g/mol. The van der Waals surface area contributed by atoms with Crippen molar-refractivity contribution in [2.75, 3.05) is 12.9 Å². The zero-order chi connectivity index (χ0) is 19.3. The zero-order valence-electron chi connectivity index (χ0n) is 14.9. The Labute approximate surface area is 156 Å². The molecule has 0 bridgehead atoms. The fourth-order valence-electron chi connectivity index (χ4n) is 2.63. The minimum absolute atomic E-state index is 0.104. The predicted molar refractivity (Wildman–Crippen MR) is 97.8 cm³/mol. The number of β-lactam (4-membered cyclic amide) rings is 1.